The Labute approximate surface area is 108 Å². The average Bonchev–Trinajstić information content (AvgIpc) is 2.33. The normalized spacial score (nSPS) is 9.88. The van der Waals surface area contributed by atoms with E-state index in [0.717, 1.165) is 24.3 Å². The Hall–Kier alpha value is -1.33. The van der Waals surface area contributed by atoms with Gasteiger partial charge in [0, 0.05) is 24.5 Å². The monoisotopic (exact) mass is 252 g/mol. The van der Waals surface area contributed by atoms with Crippen molar-refractivity contribution in [2.75, 3.05) is 23.3 Å². The molecule has 94 valence electrons. The Balaban J connectivity index is 2.89. The molecule has 1 aromatic carbocycles. The van der Waals surface area contributed by atoms with Crippen molar-refractivity contribution in [3.05, 3.63) is 23.8 Å². The van der Waals surface area contributed by atoms with Crippen LogP contribution >= 0.6 is 12.2 Å². The first-order valence-corrected chi connectivity index (χ1v) is 6.16. The average molecular weight is 252 g/mol. The van der Waals surface area contributed by atoms with Crippen molar-refractivity contribution in [2.24, 2.45) is 5.84 Å². The van der Waals surface area contributed by atoms with Gasteiger partial charge in [-0.2, -0.15) is 0 Å². The van der Waals surface area contributed by atoms with E-state index in [2.05, 4.69) is 48.5 Å². The van der Waals surface area contributed by atoms with Crippen molar-refractivity contribution in [2.45, 2.75) is 20.8 Å². The number of nitrogens with two attached hydrogens (primary N) is 1. The lowest BCUT2D eigenvalue weighted by Crippen LogP contribution is -2.34. The number of anilines is 2. The summed E-state index contributed by atoms with van der Waals surface area (Å²) in [6, 6.07) is 6.25. The molecule has 1 aromatic rings. The van der Waals surface area contributed by atoms with Gasteiger partial charge < -0.3 is 15.6 Å². The number of aryl methyl sites for hydroxylation is 1. The van der Waals surface area contributed by atoms with Crippen LogP contribution in [0, 0.1) is 6.92 Å². The number of nitrogens with zero attached hydrogens (tertiary/aromatic N) is 1. The van der Waals surface area contributed by atoms with Crippen LogP contribution in [0.4, 0.5) is 11.4 Å². The lowest BCUT2D eigenvalue weighted by atomic mass is 10.1. The smallest absolute Gasteiger partial charge is 0.185 e. The predicted octanol–water partition coefficient (Wildman–Crippen LogP) is 2.00. The van der Waals surface area contributed by atoms with Gasteiger partial charge in [-0.05, 0) is 56.8 Å². The van der Waals surface area contributed by atoms with Gasteiger partial charge >= 0.3 is 0 Å². The highest BCUT2D eigenvalue weighted by atomic mass is 32.1. The fourth-order valence-electron chi connectivity index (χ4n) is 1.73. The third-order valence-corrected chi connectivity index (χ3v) is 2.94. The Kier molecular flexibility index (Phi) is 5.18. The number of hydrogen-bond acceptors (Lipinski definition) is 3. The van der Waals surface area contributed by atoms with E-state index < -0.39 is 0 Å². The third kappa shape index (κ3) is 3.57. The largest absolute Gasteiger partial charge is 0.372 e. The molecule has 0 aromatic heterocycles. The van der Waals surface area contributed by atoms with Crippen LogP contribution in [0.5, 0.6) is 0 Å². The molecule has 4 N–H and O–H groups in total. The first-order valence-electron chi connectivity index (χ1n) is 5.75. The van der Waals surface area contributed by atoms with Crippen LogP contribution in [0.1, 0.15) is 19.4 Å². The van der Waals surface area contributed by atoms with E-state index in [1.165, 1.54) is 5.69 Å². The third-order valence-electron chi connectivity index (χ3n) is 2.72. The van der Waals surface area contributed by atoms with E-state index in [9.17, 15) is 0 Å². The first-order chi connectivity index (χ1) is 8.12. The molecular weight excluding hydrogens is 232 g/mol. The van der Waals surface area contributed by atoms with Crippen LogP contribution < -0.4 is 21.5 Å². The summed E-state index contributed by atoms with van der Waals surface area (Å²) in [5.41, 5.74) is 5.76. The molecule has 0 radical (unpaired) electrons. The van der Waals surface area contributed by atoms with Crippen molar-refractivity contribution in [3.63, 3.8) is 0 Å². The minimum atomic E-state index is 0.420. The maximum absolute atomic E-state index is 5.23. The molecule has 0 heterocycles. The minimum Gasteiger partial charge on any atom is -0.372 e. The first kappa shape index (κ1) is 13.7. The SMILES string of the molecule is CCN(CC)c1ccc(NC(=S)NN)c(C)c1. The molecule has 0 amide bonds. The quantitative estimate of drug-likeness (QED) is 0.435. The van der Waals surface area contributed by atoms with E-state index in [1.807, 2.05) is 6.07 Å². The van der Waals surface area contributed by atoms with Crippen LogP contribution in [0.2, 0.25) is 0 Å². The van der Waals surface area contributed by atoms with Crippen molar-refractivity contribution in [3.8, 4) is 0 Å². The molecule has 0 saturated carbocycles. The van der Waals surface area contributed by atoms with E-state index >= 15 is 0 Å². The van der Waals surface area contributed by atoms with Crippen LogP contribution in [-0.4, -0.2) is 18.2 Å². The molecule has 0 unspecified atom stereocenters. The number of hydrogen-bond donors (Lipinski definition) is 3. The van der Waals surface area contributed by atoms with Crippen LogP contribution in [0.15, 0.2) is 18.2 Å². The van der Waals surface area contributed by atoms with Gasteiger partial charge in [0.25, 0.3) is 0 Å². The van der Waals surface area contributed by atoms with Crippen LogP contribution in [-0.2, 0) is 0 Å². The molecule has 1 rings (SSSR count). The molecule has 0 aliphatic heterocycles. The standard InChI is InChI=1S/C12H20N4S/c1-4-16(5-2)10-6-7-11(9(3)8-10)14-12(17)15-13/h6-8H,4-5,13H2,1-3H3,(H2,14,15,17). The topological polar surface area (TPSA) is 53.3 Å². The lowest BCUT2D eigenvalue weighted by molar-refractivity contribution is 0.866. The summed E-state index contributed by atoms with van der Waals surface area (Å²) in [5, 5.41) is 3.46. The summed E-state index contributed by atoms with van der Waals surface area (Å²) in [5.74, 6) is 5.23. The summed E-state index contributed by atoms with van der Waals surface area (Å²) in [4.78, 5) is 2.30. The highest BCUT2D eigenvalue weighted by molar-refractivity contribution is 7.80. The second-order valence-electron chi connectivity index (χ2n) is 3.77. The molecule has 5 heteroatoms. The van der Waals surface area contributed by atoms with Crippen molar-refractivity contribution >= 4 is 28.7 Å². The number of benzene rings is 1. The Morgan fingerprint density at radius 2 is 2.00 bits per heavy atom. The number of hydrazine groups is 1. The van der Waals surface area contributed by atoms with E-state index in [4.69, 9.17) is 18.1 Å². The zero-order valence-corrected chi connectivity index (χ0v) is 11.4. The van der Waals surface area contributed by atoms with Crippen molar-refractivity contribution < 1.29 is 0 Å². The fourth-order valence-corrected chi connectivity index (χ4v) is 1.84. The summed E-state index contributed by atoms with van der Waals surface area (Å²) >= 11 is 4.97. The van der Waals surface area contributed by atoms with Gasteiger partial charge in [-0.3, -0.25) is 0 Å². The maximum atomic E-state index is 5.23. The Morgan fingerprint density at radius 1 is 1.35 bits per heavy atom. The molecule has 0 saturated heterocycles. The van der Waals surface area contributed by atoms with Crippen molar-refractivity contribution in [1.82, 2.24) is 5.43 Å². The Morgan fingerprint density at radius 3 is 2.47 bits per heavy atom. The van der Waals surface area contributed by atoms with E-state index in [0.29, 0.717) is 5.11 Å². The highest BCUT2D eigenvalue weighted by Crippen LogP contribution is 2.22. The molecule has 4 nitrogen and oxygen atoms in total. The van der Waals surface area contributed by atoms with Crippen molar-refractivity contribution in [1.29, 1.82) is 0 Å². The van der Waals surface area contributed by atoms with Gasteiger partial charge in [-0.25, -0.2) is 5.84 Å². The van der Waals surface area contributed by atoms with Gasteiger partial charge in [0.2, 0.25) is 0 Å². The van der Waals surface area contributed by atoms with Gasteiger partial charge in [-0.1, -0.05) is 0 Å². The second kappa shape index (κ2) is 6.42. The van der Waals surface area contributed by atoms with Crippen LogP contribution in [0.3, 0.4) is 0 Å². The van der Waals surface area contributed by atoms with Gasteiger partial charge in [0.05, 0.1) is 0 Å². The predicted molar refractivity (Wildman–Crippen MR) is 78.3 cm³/mol. The summed E-state index contributed by atoms with van der Waals surface area (Å²) in [7, 11) is 0. The molecule has 0 aliphatic rings. The summed E-state index contributed by atoms with van der Waals surface area (Å²) < 4.78 is 0. The molecular formula is C12H20N4S. The number of nitrogens with one attached hydrogen (secondary N) is 2. The summed E-state index contributed by atoms with van der Waals surface area (Å²) in [6.45, 7) is 8.36. The second-order valence-corrected chi connectivity index (χ2v) is 4.18. The van der Waals surface area contributed by atoms with E-state index in [-0.39, 0.29) is 0 Å². The molecule has 0 bridgehead atoms. The minimum absolute atomic E-state index is 0.420. The number of rotatable bonds is 4. The molecule has 0 atom stereocenters. The van der Waals surface area contributed by atoms with Gasteiger partial charge in [-0.15, -0.1) is 0 Å². The molecule has 0 spiro atoms. The van der Waals surface area contributed by atoms with Gasteiger partial charge in [0.15, 0.2) is 5.11 Å². The van der Waals surface area contributed by atoms with E-state index in [1.54, 1.807) is 0 Å². The fraction of sp³-hybridized carbons (Fsp3) is 0.417. The molecule has 17 heavy (non-hydrogen) atoms. The maximum Gasteiger partial charge on any atom is 0.185 e. The highest BCUT2D eigenvalue weighted by Gasteiger charge is 2.05. The molecule has 0 fully saturated rings. The zero-order valence-electron chi connectivity index (χ0n) is 10.6. The van der Waals surface area contributed by atoms with Gasteiger partial charge in [0.1, 0.15) is 0 Å². The molecule has 0 aliphatic carbocycles. The van der Waals surface area contributed by atoms with Crippen LogP contribution in [0.25, 0.3) is 0 Å². The summed E-state index contributed by atoms with van der Waals surface area (Å²) in [6.07, 6.45) is 0. The lowest BCUT2D eigenvalue weighted by Gasteiger charge is -2.22. The zero-order chi connectivity index (χ0) is 12.8. The number of thiocarbonyl (C=S) groups is 1. The Bertz CT molecular complexity index is 388.